The van der Waals surface area contributed by atoms with Gasteiger partial charge in [0.15, 0.2) is 0 Å². The Kier molecular flexibility index (Phi) is 2.77. The molecule has 0 aromatic carbocycles. The van der Waals surface area contributed by atoms with Crippen molar-refractivity contribution in [1.82, 2.24) is 0 Å². The van der Waals surface area contributed by atoms with Crippen LogP contribution in [0.4, 0.5) is 0 Å². The molecular formula is C6H12B2S. The van der Waals surface area contributed by atoms with E-state index in [-0.39, 0.29) is 0 Å². The van der Waals surface area contributed by atoms with Gasteiger partial charge in [0.25, 0.3) is 0 Å². The molecule has 0 spiro atoms. The molecular weight excluding hydrogens is 126 g/mol. The molecule has 0 aromatic rings. The first-order valence-corrected chi connectivity index (χ1v) is 4.81. The molecule has 1 aliphatic heterocycles. The zero-order valence-corrected chi connectivity index (χ0v) is 7.05. The highest BCUT2D eigenvalue weighted by atomic mass is 32.2. The normalized spacial score (nSPS) is 17.6. The van der Waals surface area contributed by atoms with E-state index in [0.717, 1.165) is 0 Å². The van der Waals surface area contributed by atoms with Crippen LogP contribution in [0.15, 0.2) is 10.9 Å². The fourth-order valence-electron chi connectivity index (χ4n) is 1.21. The van der Waals surface area contributed by atoms with Gasteiger partial charge in [0.2, 0.25) is 13.1 Å². The molecule has 1 aliphatic rings. The van der Waals surface area contributed by atoms with Crippen LogP contribution in [-0.4, -0.2) is 13.1 Å². The first-order chi connectivity index (χ1) is 4.38. The molecule has 0 unspecified atom stereocenters. The quantitative estimate of drug-likeness (QED) is 0.520. The lowest BCUT2D eigenvalue weighted by atomic mass is 9.78. The lowest BCUT2D eigenvalue weighted by Gasteiger charge is -1.98. The summed E-state index contributed by atoms with van der Waals surface area (Å²) in [7, 11) is 0. The highest BCUT2D eigenvalue weighted by Gasteiger charge is 2.13. The molecule has 0 radical (unpaired) electrons. The molecule has 48 valence electrons. The zero-order chi connectivity index (χ0) is 6.69. The van der Waals surface area contributed by atoms with Gasteiger partial charge in [-0.3, -0.25) is 11.5 Å². The first-order valence-electron chi connectivity index (χ1n) is 3.66. The third-order valence-corrected chi connectivity index (χ3v) is 3.01. The standard InChI is InChI=1S/C6H12B2S/c1-3-5-6(4-2)8-9-7-5/h7-8H,3-4H2,1-2H3. The van der Waals surface area contributed by atoms with E-state index in [2.05, 4.69) is 25.3 Å². The SMILES string of the molecule is CCC1=C(CC)BSB1. The Labute approximate surface area is 62.8 Å². The summed E-state index contributed by atoms with van der Waals surface area (Å²) >= 11 is 2.07. The van der Waals surface area contributed by atoms with Crippen LogP contribution >= 0.6 is 11.5 Å². The Morgan fingerprint density at radius 2 is 1.56 bits per heavy atom. The van der Waals surface area contributed by atoms with Gasteiger partial charge in [0, 0.05) is 0 Å². The van der Waals surface area contributed by atoms with Gasteiger partial charge < -0.3 is 0 Å². The largest absolute Gasteiger partial charge is 0.251 e. The molecule has 0 nitrogen and oxygen atoms in total. The van der Waals surface area contributed by atoms with E-state index in [4.69, 9.17) is 0 Å². The Hall–Kier alpha value is 0.220. The van der Waals surface area contributed by atoms with E-state index in [1.807, 2.05) is 0 Å². The molecule has 0 aliphatic carbocycles. The Balaban J connectivity index is 2.59. The van der Waals surface area contributed by atoms with Crippen molar-refractivity contribution in [2.24, 2.45) is 0 Å². The third-order valence-electron chi connectivity index (χ3n) is 1.91. The molecule has 1 rings (SSSR count). The minimum atomic E-state index is 1.27. The van der Waals surface area contributed by atoms with E-state index < -0.39 is 0 Å². The van der Waals surface area contributed by atoms with E-state index >= 15 is 0 Å². The summed E-state index contributed by atoms with van der Waals surface area (Å²) in [5.41, 5.74) is 3.42. The number of rotatable bonds is 2. The smallest absolute Gasteiger partial charge is 0.205 e. The van der Waals surface area contributed by atoms with Crippen LogP contribution in [0.25, 0.3) is 0 Å². The maximum atomic E-state index is 2.26. The Morgan fingerprint density at radius 3 is 1.89 bits per heavy atom. The van der Waals surface area contributed by atoms with Gasteiger partial charge in [-0.2, -0.15) is 0 Å². The van der Waals surface area contributed by atoms with Gasteiger partial charge in [-0.25, -0.2) is 0 Å². The predicted molar refractivity (Wildman–Crippen MR) is 49.5 cm³/mol. The fraction of sp³-hybridized carbons (Fsp3) is 0.667. The van der Waals surface area contributed by atoms with Crippen LogP contribution < -0.4 is 0 Å². The number of allylic oxidation sites excluding steroid dienone is 2. The van der Waals surface area contributed by atoms with E-state index in [0.29, 0.717) is 0 Å². The van der Waals surface area contributed by atoms with Crippen LogP contribution in [0.5, 0.6) is 0 Å². The minimum absolute atomic E-state index is 1.27. The molecule has 0 saturated heterocycles. The summed E-state index contributed by atoms with van der Waals surface area (Å²) < 4.78 is 0. The van der Waals surface area contributed by atoms with Gasteiger partial charge in [0.1, 0.15) is 0 Å². The van der Waals surface area contributed by atoms with Crippen LogP contribution in [-0.2, 0) is 0 Å². The van der Waals surface area contributed by atoms with Gasteiger partial charge in [-0.1, -0.05) is 13.8 Å². The third kappa shape index (κ3) is 1.57. The van der Waals surface area contributed by atoms with Gasteiger partial charge in [-0.15, -0.1) is 10.9 Å². The molecule has 3 heteroatoms. The maximum absolute atomic E-state index is 2.26. The molecule has 0 fully saturated rings. The van der Waals surface area contributed by atoms with E-state index in [9.17, 15) is 0 Å². The average molecular weight is 138 g/mol. The molecule has 0 amide bonds. The predicted octanol–water partition coefficient (Wildman–Crippen LogP) is 1.47. The lowest BCUT2D eigenvalue weighted by Crippen LogP contribution is -1.88. The molecule has 1 heterocycles. The molecule has 0 bridgehead atoms. The summed E-state index contributed by atoms with van der Waals surface area (Å²) in [4.78, 5) is 0. The first kappa shape index (κ1) is 7.33. The lowest BCUT2D eigenvalue weighted by molar-refractivity contribution is 1.11. The highest BCUT2D eigenvalue weighted by molar-refractivity contribution is 8.42. The van der Waals surface area contributed by atoms with Crippen molar-refractivity contribution in [3.8, 4) is 0 Å². The van der Waals surface area contributed by atoms with Crippen LogP contribution in [0.2, 0.25) is 0 Å². The second-order valence-corrected chi connectivity index (χ2v) is 3.39. The topological polar surface area (TPSA) is 0 Å². The van der Waals surface area contributed by atoms with Crippen molar-refractivity contribution in [3.05, 3.63) is 10.9 Å². The van der Waals surface area contributed by atoms with Crippen LogP contribution in [0.3, 0.4) is 0 Å². The van der Waals surface area contributed by atoms with Gasteiger partial charge in [0.05, 0.1) is 0 Å². The van der Waals surface area contributed by atoms with Crippen molar-refractivity contribution in [3.63, 3.8) is 0 Å². The molecule has 9 heavy (non-hydrogen) atoms. The molecule has 0 aromatic heterocycles. The highest BCUT2D eigenvalue weighted by Crippen LogP contribution is 2.23. The zero-order valence-electron chi connectivity index (χ0n) is 6.24. The summed E-state index contributed by atoms with van der Waals surface area (Å²) in [5.74, 6) is 0. The molecule has 0 saturated carbocycles. The molecule has 0 atom stereocenters. The summed E-state index contributed by atoms with van der Waals surface area (Å²) in [5, 5.41) is 0. The van der Waals surface area contributed by atoms with Crippen LogP contribution in [0.1, 0.15) is 26.7 Å². The Bertz CT molecular complexity index is 117. The summed E-state index contributed by atoms with van der Waals surface area (Å²) in [6, 6.07) is 0. The second-order valence-electron chi connectivity index (χ2n) is 2.41. The van der Waals surface area contributed by atoms with Crippen molar-refractivity contribution < 1.29 is 0 Å². The summed E-state index contributed by atoms with van der Waals surface area (Å²) in [6.07, 6.45) is 2.55. The van der Waals surface area contributed by atoms with Crippen molar-refractivity contribution in [2.75, 3.05) is 0 Å². The fourth-order valence-corrected chi connectivity index (χ4v) is 2.62. The number of hydrogen-bond acceptors (Lipinski definition) is 1. The average Bonchev–Trinajstić information content (AvgIpc) is 2.33. The van der Waals surface area contributed by atoms with E-state index in [1.54, 1.807) is 10.9 Å². The van der Waals surface area contributed by atoms with Gasteiger partial charge >= 0.3 is 0 Å². The monoisotopic (exact) mass is 138 g/mol. The summed E-state index contributed by atoms with van der Waals surface area (Å²) in [6.45, 7) is 7.13. The van der Waals surface area contributed by atoms with Crippen molar-refractivity contribution in [2.45, 2.75) is 26.7 Å². The minimum Gasteiger partial charge on any atom is -0.251 e. The molecule has 0 N–H and O–H groups in total. The van der Waals surface area contributed by atoms with Gasteiger partial charge in [-0.05, 0) is 12.8 Å². The van der Waals surface area contributed by atoms with E-state index in [1.165, 1.54) is 26.0 Å². The maximum Gasteiger partial charge on any atom is 0.205 e. The Morgan fingerprint density at radius 1 is 1.11 bits per heavy atom. The van der Waals surface area contributed by atoms with Crippen molar-refractivity contribution in [1.29, 1.82) is 0 Å². The second kappa shape index (κ2) is 3.40. The van der Waals surface area contributed by atoms with Crippen LogP contribution in [0, 0.1) is 0 Å². The van der Waals surface area contributed by atoms with Crippen molar-refractivity contribution >= 4 is 24.6 Å². The number of hydrogen-bond donors (Lipinski definition) is 0.